The third-order valence-corrected chi connectivity index (χ3v) is 2.18. The van der Waals surface area contributed by atoms with E-state index in [-0.39, 0.29) is 11.4 Å². The summed E-state index contributed by atoms with van der Waals surface area (Å²) >= 11 is 0. The Kier molecular flexibility index (Phi) is 2.39. The zero-order chi connectivity index (χ0) is 12.6. The van der Waals surface area contributed by atoms with Crippen LogP contribution in [0.1, 0.15) is 0 Å². The Morgan fingerprint density at radius 2 is 1.82 bits per heavy atom. The molecule has 0 unspecified atom stereocenters. The van der Waals surface area contributed by atoms with Gasteiger partial charge in [0.05, 0.1) is 17.7 Å². The Hall–Kier alpha value is -2.64. The molecule has 0 saturated carbocycles. The highest BCUT2D eigenvalue weighted by atomic mass is 16.6. The van der Waals surface area contributed by atoms with E-state index in [2.05, 4.69) is 4.52 Å². The molecule has 0 N–H and O–H groups in total. The molecule has 0 aliphatic rings. The minimum atomic E-state index is -0.841. The van der Waals surface area contributed by atoms with Crippen LogP contribution in [0, 0.1) is 10.1 Å². The number of aromatic nitrogens is 2. The fourth-order valence-electron chi connectivity index (χ4n) is 1.36. The predicted molar refractivity (Wildman–Crippen MR) is 56.2 cm³/mol. The van der Waals surface area contributed by atoms with Gasteiger partial charge in [-0.3, -0.25) is 10.1 Å². The van der Waals surface area contributed by atoms with Gasteiger partial charge in [-0.05, 0) is 12.1 Å². The topological polar surface area (TPSA) is 100 Å². The minimum Gasteiger partial charge on any atom is -0.317 e. The van der Waals surface area contributed by atoms with Crippen LogP contribution in [0.15, 0.2) is 38.4 Å². The first-order valence-corrected chi connectivity index (χ1v) is 4.55. The first kappa shape index (κ1) is 10.9. The van der Waals surface area contributed by atoms with Gasteiger partial charge in [0.1, 0.15) is 0 Å². The highest BCUT2D eigenvalue weighted by molar-refractivity contribution is 5.40. The van der Waals surface area contributed by atoms with Crippen molar-refractivity contribution in [3.63, 3.8) is 0 Å². The Morgan fingerprint density at radius 3 is 2.24 bits per heavy atom. The zero-order valence-corrected chi connectivity index (χ0v) is 8.69. The molecule has 0 saturated heterocycles. The van der Waals surface area contributed by atoms with Gasteiger partial charge in [0.15, 0.2) is 0 Å². The van der Waals surface area contributed by atoms with E-state index in [9.17, 15) is 19.7 Å². The molecule has 8 nitrogen and oxygen atoms in total. The lowest BCUT2D eigenvalue weighted by atomic mass is 10.3. The lowest BCUT2D eigenvalue weighted by Crippen LogP contribution is -2.26. The minimum absolute atomic E-state index is 0.123. The average molecular weight is 237 g/mol. The van der Waals surface area contributed by atoms with Gasteiger partial charge in [-0.15, -0.1) is 0 Å². The Bertz CT molecular complexity index is 676. The molecule has 2 aromatic rings. The van der Waals surface area contributed by atoms with E-state index in [1.54, 1.807) is 0 Å². The molecular weight excluding hydrogens is 230 g/mol. The van der Waals surface area contributed by atoms with Crippen molar-refractivity contribution in [3.05, 3.63) is 55.4 Å². The van der Waals surface area contributed by atoms with Crippen LogP contribution < -0.4 is 11.4 Å². The third-order valence-electron chi connectivity index (χ3n) is 2.18. The van der Waals surface area contributed by atoms with Crippen LogP contribution in [0.5, 0.6) is 0 Å². The molecule has 0 atom stereocenters. The summed E-state index contributed by atoms with van der Waals surface area (Å²) in [7, 11) is 1.30. The second kappa shape index (κ2) is 3.74. The van der Waals surface area contributed by atoms with Gasteiger partial charge in [0, 0.05) is 12.1 Å². The van der Waals surface area contributed by atoms with Crippen molar-refractivity contribution >= 4 is 5.69 Å². The van der Waals surface area contributed by atoms with E-state index < -0.39 is 16.4 Å². The fourth-order valence-corrected chi connectivity index (χ4v) is 1.36. The summed E-state index contributed by atoms with van der Waals surface area (Å²) in [6.45, 7) is 0. The highest BCUT2D eigenvalue weighted by Crippen LogP contribution is 2.12. The summed E-state index contributed by atoms with van der Waals surface area (Å²) in [5, 5.41) is 10.4. The normalized spacial score (nSPS) is 10.4. The number of hydrogen-bond donors (Lipinski definition) is 0. The van der Waals surface area contributed by atoms with Crippen molar-refractivity contribution in [1.29, 1.82) is 0 Å². The molecule has 0 amide bonds. The van der Waals surface area contributed by atoms with Crippen LogP contribution >= 0.6 is 0 Å². The summed E-state index contributed by atoms with van der Waals surface area (Å²) in [6, 6.07) is 5.01. The summed E-state index contributed by atoms with van der Waals surface area (Å²) in [5.41, 5.74) is -0.555. The molecule has 1 aromatic carbocycles. The summed E-state index contributed by atoms with van der Waals surface area (Å²) in [4.78, 5) is 32.7. The quantitative estimate of drug-likeness (QED) is 0.542. The van der Waals surface area contributed by atoms with Gasteiger partial charge in [-0.25, -0.2) is 9.59 Å². The molecule has 8 heteroatoms. The number of hydrogen-bond acceptors (Lipinski definition) is 5. The van der Waals surface area contributed by atoms with Gasteiger partial charge in [-0.1, -0.05) is 0 Å². The summed E-state index contributed by atoms with van der Waals surface area (Å²) in [5.74, 6) is -0.841. The molecule has 1 aromatic heterocycles. The van der Waals surface area contributed by atoms with Crippen LogP contribution in [0.2, 0.25) is 0 Å². The lowest BCUT2D eigenvalue weighted by molar-refractivity contribution is -0.384. The smallest absolute Gasteiger partial charge is 0.317 e. The number of nitro benzene ring substituents is 1. The molecule has 88 valence electrons. The number of aryl methyl sites for hydroxylation is 1. The maximum absolute atomic E-state index is 11.5. The van der Waals surface area contributed by atoms with E-state index in [0.717, 1.165) is 9.31 Å². The molecule has 0 aliphatic carbocycles. The third kappa shape index (κ3) is 1.75. The molecular formula is C9H7N3O5. The van der Waals surface area contributed by atoms with Crippen LogP contribution in [0.4, 0.5) is 5.69 Å². The van der Waals surface area contributed by atoms with Crippen LogP contribution in [-0.4, -0.2) is 14.2 Å². The molecule has 2 rings (SSSR count). The average Bonchev–Trinajstić information content (AvgIpc) is 2.53. The standard InChI is InChI=1S/C9H7N3O5/c1-10-8(13)11(9(14)17-10)6-2-4-7(5-3-6)12(15)16/h2-5H,1H3. The van der Waals surface area contributed by atoms with Crippen molar-refractivity contribution in [2.24, 2.45) is 7.05 Å². The van der Waals surface area contributed by atoms with Crippen LogP contribution in [0.25, 0.3) is 5.69 Å². The van der Waals surface area contributed by atoms with Crippen molar-refractivity contribution < 1.29 is 9.45 Å². The van der Waals surface area contributed by atoms with Gasteiger partial charge in [-0.2, -0.15) is 9.31 Å². The van der Waals surface area contributed by atoms with Crippen LogP contribution in [-0.2, 0) is 7.05 Å². The van der Waals surface area contributed by atoms with Crippen molar-refractivity contribution in [1.82, 2.24) is 9.31 Å². The van der Waals surface area contributed by atoms with Crippen molar-refractivity contribution in [3.8, 4) is 5.69 Å². The predicted octanol–water partition coefficient (Wildman–Crippen LogP) is 0.0374. The highest BCUT2D eigenvalue weighted by Gasteiger charge is 2.12. The van der Waals surface area contributed by atoms with Gasteiger partial charge < -0.3 is 4.52 Å². The Balaban J connectivity index is 2.58. The Morgan fingerprint density at radius 1 is 1.24 bits per heavy atom. The first-order valence-electron chi connectivity index (χ1n) is 4.55. The first-order chi connectivity index (χ1) is 8.00. The van der Waals surface area contributed by atoms with E-state index in [4.69, 9.17) is 0 Å². The monoisotopic (exact) mass is 237 g/mol. The fraction of sp³-hybridized carbons (Fsp3) is 0.111. The number of rotatable bonds is 2. The molecule has 0 bridgehead atoms. The maximum Gasteiger partial charge on any atom is 0.447 e. The molecule has 0 radical (unpaired) electrons. The van der Waals surface area contributed by atoms with Gasteiger partial charge in [0.25, 0.3) is 5.69 Å². The summed E-state index contributed by atoms with van der Waals surface area (Å²) < 4.78 is 6.12. The summed E-state index contributed by atoms with van der Waals surface area (Å²) in [6.07, 6.45) is 0. The number of benzene rings is 1. The number of non-ortho nitro benzene ring substituents is 1. The van der Waals surface area contributed by atoms with E-state index >= 15 is 0 Å². The van der Waals surface area contributed by atoms with Crippen molar-refractivity contribution in [2.45, 2.75) is 0 Å². The molecule has 1 heterocycles. The van der Waals surface area contributed by atoms with E-state index in [0.29, 0.717) is 0 Å². The molecule has 0 fully saturated rings. The van der Waals surface area contributed by atoms with Gasteiger partial charge >= 0.3 is 11.4 Å². The maximum atomic E-state index is 11.5. The van der Waals surface area contributed by atoms with Gasteiger partial charge in [0.2, 0.25) is 0 Å². The molecule has 0 aliphatic heterocycles. The zero-order valence-electron chi connectivity index (χ0n) is 8.69. The van der Waals surface area contributed by atoms with Crippen LogP contribution in [0.3, 0.4) is 0 Å². The Labute approximate surface area is 93.4 Å². The molecule has 17 heavy (non-hydrogen) atoms. The largest absolute Gasteiger partial charge is 0.447 e. The lowest BCUT2D eigenvalue weighted by Gasteiger charge is -1.96. The van der Waals surface area contributed by atoms with E-state index in [1.165, 1.54) is 31.3 Å². The van der Waals surface area contributed by atoms with Crippen molar-refractivity contribution in [2.75, 3.05) is 0 Å². The van der Waals surface area contributed by atoms with E-state index in [1.807, 2.05) is 0 Å². The number of nitrogens with zero attached hydrogens (tertiary/aromatic N) is 3. The number of nitro groups is 1. The second-order valence-corrected chi connectivity index (χ2v) is 3.25. The second-order valence-electron chi connectivity index (χ2n) is 3.25. The molecule has 0 spiro atoms. The SMILES string of the molecule is Cn1oc(=O)n(-c2ccc([N+](=O)[O-])cc2)c1=O.